The Labute approximate surface area is 157 Å². The van der Waals surface area contributed by atoms with Gasteiger partial charge in [0.05, 0.1) is 22.2 Å². The number of rotatable bonds is 6. The number of benzene rings is 2. The molecule has 1 atom stereocenters. The maximum absolute atomic E-state index is 13.0. The predicted molar refractivity (Wildman–Crippen MR) is 105 cm³/mol. The van der Waals surface area contributed by atoms with Gasteiger partial charge in [-0.3, -0.25) is 14.9 Å². The highest BCUT2D eigenvalue weighted by molar-refractivity contribution is 5.97. The van der Waals surface area contributed by atoms with E-state index in [1.807, 2.05) is 67.2 Å². The number of nitro groups is 1. The maximum atomic E-state index is 13.0. The van der Waals surface area contributed by atoms with E-state index < -0.39 is 10.8 Å². The van der Waals surface area contributed by atoms with Crippen LogP contribution in [-0.4, -0.2) is 15.4 Å². The molecule has 138 valence electrons. The van der Waals surface area contributed by atoms with Crippen LogP contribution in [0.2, 0.25) is 0 Å². The van der Waals surface area contributed by atoms with Gasteiger partial charge in [-0.05, 0) is 35.7 Å². The monoisotopic (exact) mass is 363 g/mol. The van der Waals surface area contributed by atoms with Crippen molar-refractivity contribution in [3.05, 3.63) is 88.7 Å². The van der Waals surface area contributed by atoms with Crippen molar-refractivity contribution in [1.82, 2.24) is 4.57 Å². The standard InChI is InChI=1S/C21H21N3O3/c1-15(2)20(16-9-11-17(12-10-16)24(26)27)21(25)22-18-7-3-4-8-19(18)23-13-5-6-14-23/h3-15,20H,1-2H3,(H,22,25). The Morgan fingerprint density at radius 2 is 1.63 bits per heavy atom. The number of carbonyl (C=O) groups excluding carboxylic acids is 1. The van der Waals surface area contributed by atoms with Crippen LogP contribution >= 0.6 is 0 Å². The largest absolute Gasteiger partial charge is 0.324 e. The summed E-state index contributed by atoms with van der Waals surface area (Å²) in [4.78, 5) is 23.5. The molecule has 27 heavy (non-hydrogen) atoms. The van der Waals surface area contributed by atoms with Gasteiger partial charge < -0.3 is 9.88 Å². The Hall–Kier alpha value is -3.41. The summed E-state index contributed by atoms with van der Waals surface area (Å²) in [6, 6.07) is 17.6. The fourth-order valence-electron chi connectivity index (χ4n) is 3.15. The van der Waals surface area contributed by atoms with E-state index in [1.165, 1.54) is 12.1 Å². The minimum absolute atomic E-state index is 0.0135. The fourth-order valence-corrected chi connectivity index (χ4v) is 3.15. The average Bonchev–Trinajstić information content (AvgIpc) is 3.17. The molecule has 6 heteroatoms. The third-order valence-corrected chi connectivity index (χ3v) is 4.46. The second-order valence-corrected chi connectivity index (χ2v) is 6.67. The lowest BCUT2D eigenvalue weighted by Gasteiger charge is -2.22. The number of aromatic nitrogens is 1. The lowest BCUT2D eigenvalue weighted by molar-refractivity contribution is -0.384. The molecule has 0 aliphatic heterocycles. The number of hydrogen-bond acceptors (Lipinski definition) is 3. The van der Waals surface area contributed by atoms with Crippen molar-refractivity contribution in [2.24, 2.45) is 5.92 Å². The molecular formula is C21H21N3O3. The van der Waals surface area contributed by atoms with Gasteiger partial charge in [0.2, 0.25) is 5.91 Å². The van der Waals surface area contributed by atoms with Crippen LogP contribution in [0.1, 0.15) is 25.3 Å². The first-order valence-electron chi connectivity index (χ1n) is 8.75. The molecule has 0 saturated carbocycles. The fraction of sp³-hybridized carbons (Fsp3) is 0.190. The van der Waals surface area contributed by atoms with Crippen molar-refractivity contribution in [3.63, 3.8) is 0 Å². The highest BCUT2D eigenvalue weighted by Crippen LogP contribution is 2.29. The molecule has 0 fully saturated rings. The molecule has 1 N–H and O–H groups in total. The van der Waals surface area contributed by atoms with Gasteiger partial charge in [-0.25, -0.2) is 0 Å². The van der Waals surface area contributed by atoms with E-state index in [2.05, 4.69) is 5.32 Å². The molecule has 2 aromatic carbocycles. The van der Waals surface area contributed by atoms with E-state index in [1.54, 1.807) is 12.1 Å². The van der Waals surface area contributed by atoms with Crippen LogP contribution in [0.5, 0.6) is 0 Å². The topological polar surface area (TPSA) is 77.2 Å². The Bertz CT molecular complexity index is 932. The molecule has 0 aliphatic carbocycles. The number of nitrogens with one attached hydrogen (secondary N) is 1. The Balaban J connectivity index is 1.88. The second-order valence-electron chi connectivity index (χ2n) is 6.67. The van der Waals surface area contributed by atoms with Crippen molar-refractivity contribution in [2.45, 2.75) is 19.8 Å². The highest BCUT2D eigenvalue weighted by Gasteiger charge is 2.25. The average molecular weight is 363 g/mol. The van der Waals surface area contributed by atoms with E-state index in [4.69, 9.17) is 0 Å². The van der Waals surface area contributed by atoms with Crippen LogP contribution in [0.15, 0.2) is 73.1 Å². The number of non-ortho nitro benzene ring substituents is 1. The van der Waals surface area contributed by atoms with Crippen LogP contribution in [0.3, 0.4) is 0 Å². The SMILES string of the molecule is CC(C)C(C(=O)Nc1ccccc1-n1cccc1)c1ccc([N+](=O)[O-])cc1. The number of nitro benzene ring substituents is 1. The normalized spacial score (nSPS) is 12.0. The summed E-state index contributed by atoms with van der Waals surface area (Å²) in [5.41, 5.74) is 2.36. The van der Waals surface area contributed by atoms with E-state index >= 15 is 0 Å². The zero-order valence-corrected chi connectivity index (χ0v) is 15.2. The molecule has 3 rings (SSSR count). The molecule has 3 aromatic rings. The van der Waals surface area contributed by atoms with E-state index in [9.17, 15) is 14.9 Å². The molecule has 1 amide bonds. The number of hydrogen-bond donors (Lipinski definition) is 1. The maximum Gasteiger partial charge on any atom is 0.269 e. The Kier molecular flexibility index (Phi) is 5.35. The minimum atomic E-state index is -0.443. The Morgan fingerprint density at radius 1 is 1.00 bits per heavy atom. The summed E-state index contributed by atoms with van der Waals surface area (Å²) in [5.74, 6) is -0.521. The zero-order chi connectivity index (χ0) is 19.4. The van der Waals surface area contributed by atoms with Crippen molar-refractivity contribution >= 4 is 17.3 Å². The third-order valence-electron chi connectivity index (χ3n) is 4.46. The van der Waals surface area contributed by atoms with Gasteiger partial charge in [0.25, 0.3) is 5.69 Å². The van der Waals surface area contributed by atoms with Gasteiger partial charge in [-0.1, -0.05) is 38.1 Å². The van der Waals surface area contributed by atoms with E-state index in [0.717, 1.165) is 11.3 Å². The molecule has 1 unspecified atom stereocenters. The quantitative estimate of drug-likeness (QED) is 0.506. The van der Waals surface area contributed by atoms with E-state index in [-0.39, 0.29) is 17.5 Å². The Morgan fingerprint density at radius 3 is 2.22 bits per heavy atom. The number of para-hydroxylation sites is 2. The highest BCUT2D eigenvalue weighted by atomic mass is 16.6. The summed E-state index contributed by atoms with van der Waals surface area (Å²) < 4.78 is 1.94. The number of carbonyl (C=O) groups is 1. The first kappa shape index (κ1) is 18.4. The molecular weight excluding hydrogens is 342 g/mol. The summed E-state index contributed by atoms with van der Waals surface area (Å²) in [6.07, 6.45) is 3.84. The number of nitrogens with zero attached hydrogens (tertiary/aromatic N) is 2. The lowest BCUT2D eigenvalue weighted by Crippen LogP contribution is -2.25. The van der Waals surface area contributed by atoms with Crippen LogP contribution in [0.4, 0.5) is 11.4 Å². The van der Waals surface area contributed by atoms with Crippen molar-refractivity contribution < 1.29 is 9.72 Å². The number of anilines is 1. The molecule has 0 aliphatic rings. The molecule has 0 bridgehead atoms. The lowest BCUT2D eigenvalue weighted by atomic mass is 9.87. The molecule has 0 saturated heterocycles. The van der Waals surface area contributed by atoms with Crippen molar-refractivity contribution in [1.29, 1.82) is 0 Å². The molecule has 1 aromatic heterocycles. The second kappa shape index (κ2) is 7.86. The van der Waals surface area contributed by atoms with Gasteiger partial charge in [-0.15, -0.1) is 0 Å². The van der Waals surface area contributed by atoms with Gasteiger partial charge in [0.15, 0.2) is 0 Å². The molecule has 0 spiro atoms. The first-order chi connectivity index (χ1) is 13.0. The smallest absolute Gasteiger partial charge is 0.269 e. The van der Waals surface area contributed by atoms with Gasteiger partial charge in [-0.2, -0.15) is 0 Å². The summed E-state index contributed by atoms with van der Waals surface area (Å²) in [5, 5.41) is 13.9. The minimum Gasteiger partial charge on any atom is -0.324 e. The summed E-state index contributed by atoms with van der Waals surface area (Å²) >= 11 is 0. The van der Waals surface area contributed by atoms with Crippen LogP contribution in [0.25, 0.3) is 5.69 Å². The first-order valence-corrected chi connectivity index (χ1v) is 8.75. The van der Waals surface area contributed by atoms with E-state index in [0.29, 0.717) is 5.69 Å². The van der Waals surface area contributed by atoms with Crippen LogP contribution in [-0.2, 0) is 4.79 Å². The molecule has 6 nitrogen and oxygen atoms in total. The van der Waals surface area contributed by atoms with Crippen molar-refractivity contribution in [2.75, 3.05) is 5.32 Å². The van der Waals surface area contributed by atoms with Gasteiger partial charge in [0, 0.05) is 24.5 Å². The predicted octanol–water partition coefficient (Wildman–Crippen LogP) is 4.76. The molecule has 1 heterocycles. The van der Waals surface area contributed by atoms with Crippen LogP contribution < -0.4 is 5.32 Å². The third kappa shape index (κ3) is 4.06. The van der Waals surface area contributed by atoms with Gasteiger partial charge in [0.1, 0.15) is 0 Å². The molecule has 0 radical (unpaired) electrons. The van der Waals surface area contributed by atoms with Crippen LogP contribution in [0, 0.1) is 16.0 Å². The zero-order valence-electron chi connectivity index (χ0n) is 15.2. The van der Waals surface area contributed by atoms with Gasteiger partial charge >= 0.3 is 0 Å². The number of amides is 1. The summed E-state index contributed by atoms with van der Waals surface area (Å²) in [7, 11) is 0. The van der Waals surface area contributed by atoms with Crippen molar-refractivity contribution in [3.8, 4) is 5.69 Å². The summed E-state index contributed by atoms with van der Waals surface area (Å²) in [6.45, 7) is 3.92.